The van der Waals surface area contributed by atoms with Crippen LogP contribution >= 0.6 is 0 Å². The van der Waals surface area contributed by atoms with Crippen molar-refractivity contribution in [2.45, 2.75) is 56.7 Å². The second-order valence-electron chi connectivity index (χ2n) is 9.75. The summed E-state index contributed by atoms with van der Waals surface area (Å²) in [4.78, 5) is 11.8. The Morgan fingerprint density at radius 1 is 0.944 bits per heavy atom. The number of nitrogens with zero attached hydrogens (tertiary/aromatic N) is 4. The summed E-state index contributed by atoms with van der Waals surface area (Å²) in [6.45, 7) is 2.04. The summed E-state index contributed by atoms with van der Waals surface area (Å²) >= 11 is 0. The predicted octanol–water partition coefficient (Wildman–Crippen LogP) is 5.01. The van der Waals surface area contributed by atoms with Crippen molar-refractivity contribution in [1.29, 1.82) is 5.26 Å². The first-order valence-electron chi connectivity index (χ1n) is 13.0. The van der Waals surface area contributed by atoms with Gasteiger partial charge in [-0.15, -0.1) is 0 Å². The van der Waals surface area contributed by atoms with Crippen LogP contribution in [0.1, 0.15) is 44.1 Å². The summed E-state index contributed by atoms with van der Waals surface area (Å²) in [5.74, 6) is 1.52. The van der Waals surface area contributed by atoms with E-state index in [9.17, 15) is 0 Å². The van der Waals surface area contributed by atoms with Crippen LogP contribution in [0.5, 0.6) is 5.75 Å². The van der Waals surface area contributed by atoms with Gasteiger partial charge in [-0.25, -0.2) is 9.97 Å². The molecule has 2 aliphatic rings. The largest absolute Gasteiger partial charge is 0.497 e. The number of aromatic nitrogens is 2. The van der Waals surface area contributed by atoms with E-state index in [2.05, 4.69) is 38.7 Å². The van der Waals surface area contributed by atoms with Crippen LogP contribution in [0.3, 0.4) is 0 Å². The summed E-state index contributed by atoms with van der Waals surface area (Å²) in [5, 5.41) is 16.7. The molecule has 3 atom stereocenters. The summed E-state index contributed by atoms with van der Waals surface area (Å²) in [6, 6.07) is 21.2. The molecular weight excluding hydrogens is 448 g/mol. The Morgan fingerprint density at radius 3 is 2.47 bits per heavy atom. The quantitative estimate of drug-likeness (QED) is 0.490. The van der Waals surface area contributed by atoms with E-state index < -0.39 is 0 Å². The maximum absolute atomic E-state index is 9.09. The summed E-state index contributed by atoms with van der Waals surface area (Å²) in [5.41, 5.74) is 3.85. The maximum Gasteiger partial charge on any atom is 0.223 e. The van der Waals surface area contributed by atoms with Gasteiger partial charge in [-0.1, -0.05) is 12.8 Å². The monoisotopic (exact) mass is 482 g/mol. The van der Waals surface area contributed by atoms with E-state index in [1.54, 1.807) is 7.11 Å². The van der Waals surface area contributed by atoms with Crippen molar-refractivity contribution >= 4 is 11.6 Å². The van der Waals surface area contributed by atoms with E-state index in [-0.39, 0.29) is 0 Å². The minimum Gasteiger partial charge on any atom is -0.497 e. The average Bonchev–Trinajstić information content (AvgIpc) is 2.94. The molecule has 1 saturated heterocycles. The molecule has 0 bridgehead atoms. The lowest BCUT2D eigenvalue weighted by Gasteiger charge is -2.40. The third-order valence-corrected chi connectivity index (χ3v) is 7.35. The number of nitrogens with one attached hydrogen (secondary N) is 2. The zero-order chi connectivity index (χ0) is 24.7. The molecule has 0 amide bonds. The highest BCUT2D eigenvalue weighted by Crippen LogP contribution is 2.26. The Morgan fingerprint density at radius 2 is 1.72 bits per heavy atom. The van der Waals surface area contributed by atoms with E-state index in [0.29, 0.717) is 29.6 Å². The molecular formula is C29H34N6O. The number of nitriles is 1. The van der Waals surface area contributed by atoms with Gasteiger partial charge in [0.05, 0.1) is 24.4 Å². The summed E-state index contributed by atoms with van der Waals surface area (Å²) < 4.78 is 5.28. The van der Waals surface area contributed by atoms with Crippen molar-refractivity contribution in [1.82, 2.24) is 15.3 Å². The van der Waals surface area contributed by atoms with Gasteiger partial charge in [0.25, 0.3) is 0 Å². The normalized spacial score (nSPS) is 22.0. The van der Waals surface area contributed by atoms with Crippen molar-refractivity contribution in [3.63, 3.8) is 0 Å². The highest BCUT2D eigenvalue weighted by atomic mass is 16.5. The maximum atomic E-state index is 9.09. The Hall–Kier alpha value is -3.63. The SMILES string of the molecule is COc1ccc(-c2ccnc(NC3CCCCC3NC3CCCN(c4ccc(C#N)cc4)C3)n2)cc1. The van der Waals surface area contributed by atoms with Crippen LogP contribution in [0.2, 0.25) is 0 Å². The second kappa shape index (κ2) is 11.4. The molecule has 3 aromatic rings. The van der Waals surface area contributed by atoms with E-state index in [1.165, 1.54) is 24.9 Å². The van der Waals surface area contributed by atoms with Gasteiger partial charge in [0.15, 0.2) is 0 Å². The smallest absolute Gasteiger partial charge is 0.223 e. The van der Waals surface area contributed by atoms with Gasteiger partial charge >= 0.3 is 0 Å². The van der Waals surface area contributed by atoms with Crippen molar-refractivity contribution in [2.75, 3.05) is 30.4 Å². The van der Waals surface area contributed by atoms with Crippen LogP contribution in [0.15, 0.2) is 60.8 Å². The minimum atomic E-state index is 0.301. The van der Waals surface area contributed by atoms with Gasteiger partial charge < -0.3 is 20.3 Å². The first-order valence-corrected chi connectivity index (χ1v) is 13.0. The molecule has 2 fully saturated rings. The molecule has 7 heteroatoms. The van der Waals surface area contributed by atoms with Crippen LogP contribution in [-0.2, 0) is 0 Å². The molecule has 2 N–H and O–H groups in total. The van der Waals surface area contributed by atoms with Crippen molar-refractivity contribution < 1.29 is 4.74 Å². The number of piperidine rings is 1. The fourth-order valence-electron chi connectivity index (χ4n) is 5.42. The molecule has 0 radical (unpaired) electrons. The van der Waals surface area contributed by atoms with Crippen LogP contribution in [-0.4, -0.2) is 48.3 Å². The third kappa shape index (κ3) is 5.77. The summed E-state index contributed by atoms with van der Waals surface area (Å²) in [6.07, 6.45) is 8.90. The number of benzene rings is 2. The van der Waals surface area contributed by atoms with Crippen LogP contribution < -0.4 is 20.3 Å². The molecule has 1 aliphatic heterocycles. The van der Waals surface area contributed by atoms with Crippen LogP contribution in [0, 0.1) is 11.3 Å². The molecule has 1 saturated carbocycles. The van der Waals surface area contributed by atoms with Gasteiger partial charge in [0.2, 0.25) is 5.95 Å². The molecule has 36 heavy (non-hydrogen) atoms. The zero-order valence-electron chi connectivity index (χ0n) is 20.9. The molecule has 2 aromatic carbocycles. The molecule has 1 aromatic heterocycles. The number of methoxy groups -OCH3 is 1. The number of ether oxygens (including phenoxy) is 1. The third-order valence-electron chi connectivity index (χ3n) is 7.35. The van der Waals surface area contributed by atoms with E-state index >= 15 is 0 Å². The second-order valence-corrected chi connectivity index (χ2v) is 9.75. The summed E-state index contributed by atoms with van der Waals surface area (Å²) in [7, 11) is 1.67. The van der Waals surface area contributed by atoms with Crippen LogP contribution in [0.4, 0.5) is 11.6 Å². The standard InChI is InChI=1S/C29H34N6O/c1-36-25-14-10-22(11-15-25)26-16-17-31-29(33-26)34-28-7-3-2-6-27(28)32-23-5-4-18-35(20-23)24-12-8-21(19-30)9-13-24/h8-17,23,27-28,32H,2-7,18,20H2,1H3,(H,31,33,34). The Bertz CT molecular complexity index is 1170. The van der Waals surface area contributed by atoms with Gasteiger partial charge in [0.1, 0.15) is 5.75 Å². The first-order chi connectivity index (χ1) is 17.7. The van der Waals surface area contributed by atoms with Crippen molar-refractivity contribution in [2.24, 2.45) is 0 Å². The fraction of sp³-hybridized carbons (Fsp3) is 0.414. The van der Waals surface area contributed by atoms with E-state index in [0.717, 1.165) is 49.4 Å². The molecule has 5 rings (SSSR count). The lowest BCUT2D eigenvalue weighted by Crippen LogP contribution is -2.55. The number of hydrogen-bond acceptors (Lipinski definition) is 7. The Labute approximate surface area is 213 Å². The highest BCUT2D eigenvalue weighted by molar-refractivity contribution is 5.61. The van der Waals surface area contributed by atoms with Crippen molar-refractivity contribution in [3.8, 4) is 23.1 Å². The Balaban J connectivity index is 1.23. The lowest BCUT2D eigenvalue weighted by molar-refractivity contribution is 0.293. The number of anilines is 2. The van der Waals surface area contributed by atoms with Gasteiger partial charge in [-0.3, -0.25) is 0 Å². The molecule has 186 valence electrons. The Kier molecular flexibility index (Phi) is 7.63. The highest BCUT2D eigenvalue weighted by Gasteiger charge is 2.29. The average molecular weight is 483 g/mol. The van der Waals surface area contributed by atoms with Crippen molar-refractivity contribution in [3.05, 3.63) is 66.4 Å². The first kappa shape index (κ1) is 24.1. The molecule has 7 nitrogen and oxygen atoms in total. The number of hydrogen-bond donors (Lipinski definition) is 2. The lowest BCUT2D eigenvalue weighted by atomic mass is 9.89. The topological polar surface area (TPSA) is 86.1 Å². The zero-order valence-corrected chi connectivity index (χ0v) is 20.9. The predicted molar refractivity (Wildman–Crippen MR) is 143 cm³/mol. The minimum absolute atomic E-state index is 0.301. The molecule has 3 unspecified atom stereocenters. The van der Waals surface area contributed by atoms with Gasteiger partial charge in [0, 0.05) is 48.7 Å². The molecule has 1 aliphatic carbocycles. The fourth-order valence-corrected chi connectivity index (χ4v) is 5.42. The van der Waals surface area contributed by atoms with Gasteiger partial charge in [-0.2, -0.15) is 5.26 Å². The molecule has 0 spiro atoms. The van der Waals surface area contributed by atoms with E-state index in [4.69, 9.17) is 15.0 Å². The van der Waals surface area contributed by atoms with Crippen LogP contribution in [0.25, 0.3) is 11.3 Å². The molecule has 2 heterocycles. The number of rotatable bonds is 7. The van der Waals surface area contributed by atoms with E-state index in [1.807, 2.05) is 48.7 Å². The van der Waals surface area contributed by atoms with Gasteiger partial charge in [-0.05, 0) is 80.3 Å².